The van der Waals surface area contributed by atoms with E-state index in [0.29, 0.717) is 11.4 Å². The average molecular weight is 306 g/mol. The number of benzene rings is 2. The lowest BCUT2D eigenvalue weighted by Crippen LogP contribution is -2.21. The summed E-state index contributed by atoms with van der Waals surface area (Å²) in [5, 5.41) is 0.556. The Morgan fingerprint density at radius 2 is 1.81 bits per heavy atom. The van der Waals surface area contributed by atoms with Crippen molar-refractivity contribution in [3.05, 3.63) is 70.0 Å². The highest BCUT2D eigenvalue weighted by Gasteiger charge is 2.21. The Morgan fingerprint density at radius 1 is 1.14 bits per heavy atom. The lowest BCUT2D eigenvalue weighted by molar-refractivity contribution is 0.568. The Hall–Kier alpha value is -1.38. The van der Waals surface area contributed by atoms with Crippen molar-refractivity contribution < 1.29 is 4.39 Å². The molecular weight excluding hydrogens is 285 g/mol. The van der Waals surface area contributed by atoms with Crippen molar-refractivity contribution in [1.29, 1.82) is 0 Å². The van der Waals surface area contributed by atoms with Crippen molar-refractivity contribution in [2.45, 2.75) is 38.6 Å². The molecule has 0 bridgehead atoms. The summed E-state index contributed by atoms with van der Waals surface area (Å²) in [5.74, 6) is -0.286. The van der Waals surface area contributed by atoms with Crippen LogP contribution in [0.25, 0.3) is 0 Å². The third kappa shape index (κ3) is 3.84. The van der Waals surface area contributed by atoms with Crippen LogP contribution in [0.1, 0.15) is 43.5 Å². The lowest BCUT2D eigenvalue weighted by atomic mass is 9.81. The fourth-order valence-electron chi connectivity index (χ4n) is 2.55. The standard InChI is InChI=1S/C18H21ClFN/c1-18(2,3)15-7-5-4-6-14(15)17(21)11-12-10-13(20)8-9-16(12)19/h4-10,17H,11,21H2,1-3H3. The van der Waals surface area contributed by atoms with Gasteiger partial charge in [-0.15, -0.1) is 0 Å². The van der Waals surface area contributed by atoms with E-state index in [-0.39, 0.29) is 17.3 Å². The van der Waals surface area contributed by atoms with Crippen LogP contribution in [0, 0.1) is 5.82 Å². The highest BCUT2D eigenvalue weighted by atomic mass is 35.5. The number of hydrogen-bond donors (Lipinski definition) is 1. The van der Waals surface area contributed by atoms with E-state index in [2.05, 4.69) is 26.8 Å². The molecule has 0 aliphatic rings. The van der Waals surface area contributed by atoms with Crippen LogP contribution in [0.2, 0.25) is 5.02 Å². The summed E-state index contributed by atoms with van der Waals surface area (Å²) < 4.78 is 13.4. The van der Waals surface area contributed by atoms with Gasteiger partial charge in [0, 0.05) is 11.1 Å². The third-order valence-corrected chi connectivity index (χ3v) is 3.98. The monoisotopic (exact) mass is 305 g/mol. The van der Waals surface area contributed by atoms with E-state index in [4.69, 9.17) is 17.3 Å². The van der Waals surface area contributed by atoms with E-state index < -0.39 is 0 Å². The van der Waals surface area contributed by atoms with Gasteiger partial charge in [0.05, 0.1) is 0 Å². The average Bonchev–Trinajstić information content (AvgIpc) is 2.42. The molecule has 0 amide bonds. The second kappa shape index (κ2) is 6.17. The van der Waals surface area contributed by atoms with Crippen LogP contribution >= 0.6 is 11.6 Å². The molecule has 0 aliphatic heterocycles. The van der Waals surface area contributed by atoms with Crippen LogP contribution in [0.4, 0.5) is 4.39 Å². The largest absolute Gasteiger partial charge is 0.324 e. The van der Waals surface area contributed by atoms with Crippen molar-refractivity contribution in [1.82, 2.24) is 0 Å². The van der Waals surface area contributed by atoms with Crippen LogP contribution < -0.4 is 5.73 Å². The van der Waals surface area contributed by atoms with E-state index in [1.54, 1.807) is 6.07 Å². The van der Waals surface area contributed by atoms with Gasteiger partial charge in [-0.05, 0) is 46.7 Å². The Labute approximate surface area is 130 Å². The van der Waals surface area contributed by atoms with Gasteiger partial charge in [-0.2, -0.15) is 0 Å². The summed E-state index contributed by atoms with van der Waals surface area (Å²) >= 11 is 6.14. The van der Waals surface area contributed by atoms with E-state index in [1.807, 2.05) is 18.2 Å². The molecule has 1 nitrogen and oxygen atoms in total. The van der Waals surface area contributed by atoms with Crippen molar-refractivity contribution in [3.8, 4) is 0 Å². The minimum Gasteiger partial charge on any atom is -0.324 e. The second-order valence-electron chi connectivity index (χ2n) is 6.38. The van der Waals surface area contributed by atoms with Crippen LogP contribution in [-0.4, -0.2) is 0 Å². The molecule has 0 radical (unpaired) electrons. The van der Waals surface area contributed by atoms with Crippen LogP contribution in [0.5, 0.6) is 0 Å². The SMILES string of the molecule is CC(C)(C)c1ccccc1C(N)Cc1cc(F)ccc1Cl. The molecule has 0 spiro atoms. The first-order chi connectivity index (χ1) is 9.79. The first-order valence-corrected chi connectivity index (χ1v) is 7.46. The van der Waals surface area contributed by atoms with Crippen LogP contribution in [0.15, 0.2) is 42.5 Å². The minimum atomic E-state index is -0.286. The van der Waals surface area contributed by atoms with Gasteiger partial charge in [0.2, 0.25) is 0 Å². The third-order valence-electron chi connectivity index (χ3n) is 3.62. The second-order valence-corrected chi connectivity index (χ2v) is 6.79. The summed E-state index contributed by atoms with van der Waals surface area (Å²) in [6, 6.07) is 12.3. The molecule has 0 fully saturated rings. The van der Waals surface area contributed by atoms with Gasteiger partial charge in [-0.1, -0.05) is 56.6 Å². The smallest absolute Gasteiger partial charge is 0.123 e. The van der Waals surface area contributed by atoms with E-state index in [1.165, 1.54) is 17.7 Å². The Kier molecular flexibility index (Phi) is 4.70. The van der Waals surface area contributed by atoms with E-state index >= 15 is 0 Å². The highest BCUT2D eigenvalue weighted by molar-refractivity contribution is 6.31. The van der Waals surface area contributed by atoms with E-state index in [9.17, 15) is 4.39 Å². The molecule has 0 aromatic heterocycles. The molecule has 112 valence electrons. The van der Waals surface area contributed by atoms with Gasteiger partial charge in [-0.25, -0.2) is 4.39 Å². The number of hydrogen-bond acceptors (Lipinski definition) is 1. The molecule has 2 aromatic carbocycles. The fraction of sp³-hybridized carbons (Fsp3) is 0.333. The zero-order chi connectivity index (χ0) is 15.6. The summed E-state index contributed by atoms with van der Waals surface area (Å²) in [5.41, 5.74) is 9.42. The van der Waals surface area contributed by atoms with Gasteiger partial charge >= 0.3 is 0 Å². The first kappa shape index (κ1) is 16.0. The van der Waals surface area contributed by atoms with Crippen LogP contribution in [0.3, 0.4) is 0 Å². The summed E-state index contributed by atoms with van der Waals surface area (Å²) in [6.07, 6.45) is 0.518. The molecule has 0 saturated heterocycles. The zero-order valence-corrected chi connectivity index (χ0v) is 13.4. The first-order valence-electron chi connectivity index (χ1n) is 7.08. The molecule has 3 heteroatoms. The molecule has 0 saturated carbocycles. The number of rotatable bonds is 3. The maximum absolute atomic E-state index is 13.4. The predicted octanol–water partition coefficient (Wildman–Crippen LogP) is 5.02. The maximum atomic E-state index is 13.4. The Bertz CT molecular complexity index is 631. The Balaban J connectivity index is 2.33. The maximum Gasteiger partial charge on any atom is 0.123 e. The summed E-state index contributed by atoms with van der Waals surface area (Å²) in [4.78, 5) is 0. The highest BCUT2D eigenvalue weighted by Crippen LogP contribution is 2.31. The van der Waals surface area contributed by atoms with Crippen molar-refractivity contribution in [2.75, 3.05) is 0 Å². The van der Waals surface area contributed by atoms with Gasteiger partial charge in [0.25, 0.3) is 0 Å². The molecule has 1 unspecified atom stereocenters. The summed E-state index contributed by atoms with van der Waals surface area (Å²) in [6.45, 7) is 6.48. The Morgan fingerprint density at radius 3 is 2.48 bits per heavy atom. The van der Waals surface area contributed by atoms with Crippen LogP contribution in [-0.2, 0) is 11.8 Å². The predicted molar refractivity (Wildman–Crippen MR) is 87.2 cm³/mol. The molecule has 0 heterocycles. The van der Waals surface area contributed by atoms with Gasteiger partial charge in [-0.3, -0.25) is 0 Å². The minimum absolute atomic E-state index is 0.0138. The zero-order valence-electron chi connectivity index (χ0n) is 12.7. The molecular formula is C18H21ClFN. The number of nitrogens with two attached hydrogens (primary N) is 1. The van der Waals surface area contributed by atoms with Gasteiger partial charge in [0.15, 0.2) is 0 Å². The quantitative estimate of drug-likeness (QED) is 0.846. The lowest BCUT2D eigenvalue weighted by Gasteiger charge is -2.26. The molecule has 1 atom stereocenters. The molecule has 2 rings (SSSR count). The van der Waals surface area contributed by atoms with Crippen molar-refractivity contribution in [2.24, 2.45) is 5.73 Å². The molecule has 21 heavy (non-hydrogen) atoms. The topological polar surface area (TPSA) is 26.0 Å². The normalized spacial score (nSPS) is 13.2. The molecule has 0 aliphatic carbocycles. The molecule has 2 N–H and O–H groups in total. The summed E-state index contributed by atoms with van der Waals surface area (Å²) in [7, 11) is 0. The number of halogens is 2. The van der Waals surface area contributed by atoms with Gasteiger partial charge < -0.3 is 5.73 Å². The van der Waals surface area contributed by atoms with Crippen molar-refractivity contribution in [3.63, 3.8) is 0 Å². The van der Waals surface area contributed by atoms with E-state index in [0.717, 1.165) is 11.1 Å². The van der Waals surface area contributed by atoms with Gasteiger partial charge in [0.1, 0.15) is 5.82 Å². The van der Waals surface area contributed by atoms with Crippen molar-refractivity contribution >= 4 is 11.6 Å². The molecule has 2 aromatic rings. The fourth-order valence-corrected chi connectivity index (χ4v) is 2.74.